The minimum atomic E-state index is -1.98. The molecule has 19 nitrogen and oxygen atoms in total. The summed E-state index contributed by atoms with van der Waals surface area (Å²) in [5.74, 6) is -0.289. The number of rotatable bonds is 36. The van der Waals surface area contributed by atoms with E-state index in [1.165, 1.54) is 51.4 Å². The molecule has 0 aromatic rings. The summed E-state index contributed by atoms with van der Waals surface area (Å²) in [4.78, 5) is 13.2. The zero-order valence-corrected chi connectivity index (χ0v) is 41.7. The first kappa shape index (κ1) is 62.3. The third-order valence-electron chi connectivity index (χ3n) is 13.2. The standard InChI is InChI=1S/C51H91NO18/c1-3-5-7-9-11-12-13-14-15-16-17-18-19-20-21-22-23-25-27-29-39(57)52-34(35(56)28-26-24-10-8-6-4-2)33-65-49-45(63)42(60)47(37(31-54)67-49)70-51-46(64)43(61)48(38(32-55)68-51)69-50-44(62)41(59)40(58)36(30-53)66-50/h11-12,14-15,26,28,34-38,40-51,53-56,58-64H,3-10,13,16-25,27,29-33H2,1-2H3,(H,52,57)/b12-11-,15-14-,28-26+. The van der Waals surface area contributed by atoms with Gasteiger partial charge in [-0.1, -0.05) is 127 Å². The van der Waals surface area contributed by atoms with Crippen molar-refractivity contribution in [2.45, 2.75) is 253 Å². The van der Waals surface area contributed by atoms with E-state index in [1.807, 2.05) is 6.08 Å². The van der Waals surface area contributed by atoms with Crippen LogP contribution in [-0.2, 0) is 33.2 Å². The van der Waals surface area contributed by atoms with Gasteiger partial charge < -0.3 is 89.9 Å². The first-order valence-corrected chi connectivity index (χ1v) is 26.2. The van der Waals surface area contributed by atoms with Gasteiger partial charge in [0.25, 0.3) is 0 Å². The number of hydrogen-bond acceptors (Lipinski definition) is 18. The van der Waals surface area contributed by atoms with Crippen LogP contribution in [0.15, 0.2) is 36.5 Å². The van der Waals surface area contributed by atoms with Crippen molar-refractivity contribution in [1.29, 1.82) is 0 Å². The highest BCUT2D eigenvalue weighted by Crippen LogP contribution is 2.33. The molecule has 0 spiro atoms. The van der Waals surface area contributed by atoms with Gasteiger partial charge in [0, 0.05) is 6.42 Å². The number of amides is 1. The monoisotopic (exact) mass is 1010 g/mol. The van der Waals surface area contributed by atoms with Crippen LogP contribution >= 0.6 is 0 Å². The lowest BCUT2D eigenvalue weighted by molar-refractivity contribution is -0.379. The fraction of sp³-hybridized carbons (Fsp3) is 0.863. The van der Waals surface area contributed by atoms with Gasteiger partial charge in [-0.3, -0.25) is 4.79 Å². The van der Waals surface area contributed by atoms with Crippen LogP contribution in [0.3, 0.4) is 0 Å². The maximum atomic E-state index is 13.2. The van der Waals surface area contributed by atoms with Crippen LogP contribution in [0.1, 0.15) is 149 Å². The second kappa shape index (κ2) is 36.0. The van der Waals surface area contributed by atoms with Crippen molar-refractivity contribution in [1.82, 2.24) is 5.32 Å². The Morgan fingerprint density at radius 2 is 0.943 bits per heavy atom. The van der Waals surface area contributed by atoms with Crippen LogP contribution in [-0.4, -0.2) is 193 Å². The van der Waals surface area contributed by atoms with Crippen molar-refractivity contribution in [3.63, 3.8) is 0 Å². The van der Waals surface area contributed by atoms with Crippen LogP contribution < -0.4 is 5.32 Å². The summed E-state index contributed by atoms with van der Waals surface area (Å²) in [6, 6.07) is -0.970. The van der Waals surface area contributed by atoms with E-state index in [9.17, 15) is 61.0 Å². The minimum Gasteiger partial charge on any atom is -0.394 e. The molecule has 3 aliphatic rings. The second-order valence-corrected chi connectivity index (χ2v) is 19.0. The van der Waals surface area contributed by atoms with Crippen molar-refractivity contribution in [2.24, 2.45) is 0 Å². The number of aliphatic hydroxyl groups is 11. The van der Waals surface area contributed by atoms with Crippen molar-refractivity contribution >= 4 is 5.91 Å². The Morgan fingerprint density at radius 3 is 1.49 bits per heavy atom. The Kier molecular flexibility index (Phi) is 32.1. The molecule has 0 saturated carbocycles. The number of carbonyl (C=O) groups excluding carboxylic acids is 1. The largest absolute Gasteiger partial charge is 0.394 e. The maximum absolute atomic E-state index is 13.2. The van der Waals surface area contributed by atoms with Crippen LogP contribution in [0.25, 0.3) is 0 Å². The van der Waals surface area contributed by atoms with E-state index in [0.29, 0.717) is 6.42 Å². The number of carbonyl (C=O) groups is 1. The molecule has 70 heavy (non-hydrogen) atoms. The van der Waals surface area contributed by atoms with E-state index < -0.39 is 124 Å². The molecule has 3 heterocycles. The molecule has 0 radical (unpaired) electrons. The molecule has 3 rings (SSSR count). The molecule has 19 heteroatoms. The highest BCUT2D eigenvalue weighted by Gasteiger charge is 2.53. The number of unbranched alkanes of at least 4 members (excludes halogenated alkanes) is 16. The average Bonchev–Trinajstić information content (AvgIpc) is 3.35. The molecular weight excluding hydrogens is 915 g/mol. The van der Waals surface area contributed by atoms with Gasteiger partial charge in [-0.15, -0.1) is 0 Å². The summed E-state index contributed by atoms with van der Waals surface area (Å²) < 4.78 is 34.0. The molecule has 17 atom stereocenters. The van der Waals surface area contributed by atoms with Gasteiger partial charge in [-0.25, -0.2) is 0 Å². The molecular formula is C51H91NO18. The first-order valence-electron chi connectivity index (χ1n) is 26.2. The normalized spacial score (nSPS) is 32.8. The maximum Gasteiger partial charge on any atom is 0.220 e. The fourth-order valence-corrected chi connectivity index (χ4v) is 8.75. The predicted molar refractivity (Wildman–Crippen MR) is 259 cm³/mol. The molecule has 1 amide bonds. The van der Waals surface area contributed by atoms with Gasteiger partial charge in [-0.05, 0) is 51.4 Å². The van der Waals surface area contributed by atoms with Crippen LogP contribution in [0.2, 0.25) is 0 Å². The van der Waals surface area contributed by atoms with E-state index >= 15 is 0 Å². The van der Waals surface area contributed by atoms with Crippen molar-refractivity contribution in [2.75, 3.05) is 26.4 Å². The summed E-state index contributed by atoms with van der Waals surface area (Å²) >= 11 is 0. The van der Waals surface area contributed by atoms with Crippen molar-refractivity contribution in [3.05, 3.63) is 36.5 Å². The summed E-state index contributed by atoms with van der Waals surface area (Å²) in [7, 11) is 0. The second-order valence-electron chi connectivity index (χ2n) is 19.0. The number of aliphatic hydroxyl groups excluding tert-OH is 11. The number of allylic oxidation sites excluding steroid dienone is 5. The van der Waals surface area contributed by atoms with Gasteiger partial charge in [-0.2, -0.15) is 0 Å². The Bertz CT molecular complexity index is 1440. The summed E-state index contributed by atoms with van der Waals surface area (Å²) in [5, 5.41) is 119. The van der Waals surface area contributed by atoms with Gasteiger partial charge in [0.2, 0.25) is 5.91 Å². The highest BCUT2D eigenvalue weighted by atomic mass is 16.8. The van der Waals surface area contributed by atoms with Gasteiger partial charge >= 0.3 is 0 Å². The third-order valence-corrected chi connectivity index (χ3v) is 13.2. The van der Waals surface area contributed by atoms with Crippen LogP contribution in [0, 0.1) is 0 Å². The Balaban J connectivity index is 1.48. The average molecular weight is 1010 g/mol. The number of nitrogens with one attached hydrogen (secondary N) is 1. The van der Waals surface area contributed by atoms with E-state index in [4.69, 9.17) is 28.4 Å². The molecule has 17 unspecified atom stereocenters. The molecule has 3 saturated heterocycles. The molecule has 3 aliphatic heterocycles. The summed E-state index contributed by atoms with van der Waals surface area (Å²) in [6.45, 7) is 1.56. The van der Waals surface area contributed by atoms with Crippen LogP contribution in [0.4, 0.5) is 0 Å². The third kappa shape index (κ3) is 21.5. The van der Waals surface area contributed by atoms with Crippen molar-refractivity contribution in [3.8, 4) is 0 Å². The molecule has 408 valence electrons. The number of ether oxygens (including phenoxy) is 6. The summed E-state index contributed by atoms with van der Waals surface area (Å²) in [5.41, 5.74) is 0. The molecule has 0 bridgehead atoms. The molecule has 12 N–H and O–H groups in total. The zero-order valence-electron chi connectivity index (χ0n) is 41.7. The van der Waals surface area contributed by atoms with E-state index in [2.05, 4.69) is 43.5 Å². The van der Waals surface area contributed by atoms with E-state index in [-0.39, 0.29) is 18.9 Å². The smallest absolute Gasteiger partial charge is 0.220 e. The van der Waals surface area contributed by atoms with Crippen LogP contribution in [0.5, 0.6) is 0 Å². The Hall–Kier alpha value is -1.99. The lowest BCUT2D eigenvalue weighted by Crippen LogP contribution is -2.66. The van der Waals surface area contributed by atoms with E-state index in [1.54, 1.807) is 6.08 Å². The fourth-order valence-electron chi connectivity index (χ4n) is 8.75. The molecule has 0 aliphatic carbocycles. The quantitative estimate of drug-likeness (QED) is 0.0316. The lowest BCUT2D eigenvalue weighted by Gasteiger charge is -2.48. The minimum absolute atomic E-state index is 0.237. The topological polar surface area (TPSA) is 307 Å². The molecule has 3 fully saturated rings. The summed E-state index contributed by atoms with van der Waals surface area (Å²) in [6.07, 6.45) is 7.64. The zero-order chi connectivity index (χ0) is 51.3. The molecule has 0 aromatic carbocycles. The Morgan fingerprint density at radius 1 is 0.514 bits per heavy atom. The van der Waals surface area contributed by atoms with Gasteiger partial charge in [0.15, 0.2) is 18.9 Å². The SMILES string of the molecule is CCCCC/C=C\C/C=C\CCCCCCCCCCCC(=O)NC(COC1OC(CO)C(OC2OC(CO)C(OC3OC(CO)C(O)C(O)C3O)C(O)C2O)C(O)C1O)C(O)/C=C/CCCCCC. The first-order chi connectivity index (χ1) is 33.8. The molecule has 0 aromatic heterocycles. The predicted octanol–water partition coefficient (Wildman–Crippen LogP) is 2.20. The Labute approximate surface area is 415 Å². The van der Waals surface area contributed by atoms with E-state index in [0.717, 1.165) is 70.6 Å². The lowest BCUT2D eigenvalue weighted by atomic mass is 9.96. The highest BCUT2D eigenvalue weighted by molar-refractivity contribution is 5.76. The van der Waals surface area contributed by atoms with Gasteiger partial charge in [0.05, 0.1) is 38.6 Å². The number of hydrogen-bond donors (Lipinski definition) is 12. The van der Waals surface area contributed by atoms with Gasteiger partial charge in [0.1, 0.15) is 73.2 Å². The van der Waals surface area contributed by atoms with Crippen molar-refractivity contribution < 1.29 is 89.4 Å².